The third-order valence-electron chi connectivity index (χ3n) is 2.49. The standard InChI is InChI=1S/C10H9.C6H10.C2H7Si.Ti/c1-8-6-9-4-2-3-5-10(9)7-8;1-5(2)6(3)4;1-3-2;/h2-7H,1H3;1,3H2,2,4H3;3H,1-2H3;/q-1;;;+3. The summed E-state index contributed by atoms with van der Waals surface area (Å²) in [4.78, 5) is 0. The fourth-order valence-corrected chi connectivity index (χ4v) is 1.31. The first-order valence-electron chi connectivity index (χ1n) is 6.59. The predicted octanol–water partition coefficient (Wildman–Crippen LogP) is 5.52. The maximum absolute atomic E-state index is 3.66. The molecule has 0 aliphatic heterocycles. The molecule has 0 unspecified atom stereocenters. The first-order chi connectivity index (χ1) is 8.92. The molecule has 20 heavy (non-hydrogen) atoms. The Kier molecular flexibility index (Phi) is 12.9. The summed E-state index contributed by atoms with van der Waals surface area (Å²) < 4.78 is 0. The Morgan fingerprint density at radius 3 is 1.90 bits per heavy atom. The molecule has 0 nitrogen and oxygen atoms in total. The molecule has 104 valence electrons. The van der Waals surface area contributed by atoms with Crippen LogP contribution in [-0.2, 0) is 21.7 Å². The number of allylic oxidation sites excluding steroid dienone is 2. The number of fused-ring (bicyclic) bond motifs is 1. The Bertz CT molecular complexity index is 478. The van der Waals surface area contributed by atoms with Crippen molar-refractivity contribution in [3.63, 3.8) is 0 Å². The summed E-state index contributed by atoms with van der Waals surface area (Å²) in [6, 6.07) is 12.8. The molecule has 0 atom stereocenters. The van der Waals surface area contributed by atoms with Gasteiger partial charge in [0, 0.05) is 9.52 Å². The van der Waals surface area contributed by atoms with E-state index >= 15 is 0 Å². The van der Waals surface area contributed by atoms with Crippen LogP contribution in [-0.4, -0.2) is 9.52 Å². The van der Waals surface area contributed by atoms with Crippen LogP contribution >= 0.6 is 0 Å². The van der Waals surface area contributed by atoms with Crippen molar-refractivity contribution in [2.45, 2.75) is 33.9 Å². The van der Waals surface area contributed by atoms with Crippen molar-refractivity contribution in [3.8, 4) is 0 Å². The summed E-state index contributed by atoms with van der Waals surface area (Å²) in [5.41, 5.74) is 3.48. The topological polar surface area (TPSA) is 0 Å². The zero-order valence-corrected chi connectivity index (χ0v) is 16.2. The van der Waals surface area contributed by atoms with E-state index in [0.29, 0.717) is 0 Å². The second kappa shape index (κ2) is 12.0. The van der Waals surface area contributed by atoms with Gasteiger partial charge in [0.2, 0.25) is 0 Å². The third kappa shape index (κ3) is 9.19. The van der Waals surface area contributed by atoms with Crippen molar-refractivity contribution >= 4 is 20.3 Å². The zero-order chi connectivity index (χ0) is 14.8. The first kappa shape index (κ1) is 21.5. The summed E-state index contributed by atoms with van der Waals surface area (Å²) in [5.74, 6) is 0. The number of aryl methyl sites for hydroxylation is 1. The summed E-state index contributed by atoms with van der Waals surface area (Å²) in [5, 5.41) is 2.69. The molecule has 0 aliphatic rings. The summed E-state index contributed by atoms with van der Waals surface area (Å²) in [6.45, 7) is 17.7. The van der Waals surface area contributed by atoms with Crippen molar-refractivity contribution in [1.82, 2.24) is 0 Å². The van der Waals surface area contributed by atoms with Crippen LogP contribution in [0.4, 0.5) is 0 Å². The van der Waals surface area contributed by atoms with Gasteiger partial charge < -0.3 is 0 Å². The molecule has 0 bridgehead atoms. The molecule has 0 fully saturated rings. The third-order valence-corrected chi connectivity index (χ3v) is 2.49. The van der Waals surface area contributed by atoms with Gasteiger partial charge in [0.1, 0.15) is 0 Å². The summed E-state index contributed by atoms with van der Waals surface area (Å²) >= 11 is 0. The summed E-state index contributed by atoms with van der Waals surface area (Å²) in [6.07, 6.45) is 0. The van der Waals surface area contributed by atoms with Gasteiger partial charge in [-0.2, -0.15) is 6.07 Å². The largest absolute Gasteiger partial charge is 3.00 e. The fourth-order valence-electron chi connectivity index (χ4n) is 1.31. The quantitative estimate of drug-likeness (QED) is 0.369. The number of hydrogen-bond acceptors (Lipinski definition) is 0. The van der Waals surface area contributed by atoms with Gasteiger partial charge in [0.05, 0.1) is 0 Å². The van der Waals surface area contributed by atoms with E-state index in [1.54, 1.807) is 0 Å². The molecule has 0 N–H and O–H groups in total. The van der Waals surface area contributed by atoms with Crippen molar-refractivity contribution in [3.05, 3.63) is 66.3 Å². The molecule has 0 aliphatic carbocycles. The smallest absolute Gasteiger partial charge is 0.165 e. The van der Waals surface area contributed by atoms with Gasteiger partial charge in [0.15, 0.2) is 0 Å². The maximum Gasteiger partial charge on any atom is 3.00 e. The molecular weight excluding hydrogens is 292 g/mol. The molecule has 2 radical (unpaired) electrons. The Morgan fingerprint density at radius 2 is 1.50 bits per heavy atom. The maximum atomic E-state index is 3.66. The molecule has 0 heterocycles. The zero-order valence-electron chi connectivity index (χ0n) is 13.5. The van der Waals surface area contributed by atoms with Gasteiger partial charge in [-0.15, -0.1) is 40.6 Å². The molecule has 2 aromatic rings. The van der Waals surface area contributed by atoms with Gasteiger partial charge in [-0.25, -0.2) is 0 Å². The molecule has 2 aromatic carbocycles. The normalized spacial score (nSPS) is 8.45. The first-order valence-corrected chi connectivity index (χ1v) is 8.90. The van der Waals surface area contributed by atoms with Crippen LogP contribution in [0.3, 0.4) is 0 Å². The minimum absolute atomic E-state index is 0. The summed E-state index contributed by atoms with van der Waals surface area (Å²) in [7, 11) is 0.750. The minimum Gasteiger partial charge on any atom is -0.165 e. The monoisotopic (exact) mass is 318 g/mol. The van der Waals surface area contributed by atoms with Crippen LogP contribution in [0, 0.1) is 6.92 Å². The molecule has 2 heteroatoms. The van der Waals surface area contributed by atoms with E-state index in [1.807, 2.05) is 13.8 Å². The van der Waals surface area contributed by atoms with Gasteiger partial charge in [0.25, 0.3) is 0 Å². The molecule has 2 rings (SSSR count). The van der Waals surface area contributed by atoms with E-state index in [9.17, 15) is 0 Å². The van der Waals surface area contributed by atoms with Gasteiger partial charge in [-0.3, -0.25) is 0 Å². The van der Waals surface area contributed by atoms with Gasteiger partial charge in [-0.05, 0) is 13.8 Å². The van der Waals surface area contributed by atoms with Crippen LogP contribution < -0.4 is 0 Å². The van der Waals surface area contributed by atoms with E-state index < -0.39 is 0 Å². The Hall–Kier alpha value is -0.759. The van der Waals surface area contributed by atoms with Crippen LogP contribution in [0.1, 0.15) is 19.4 Å². The van der Waals surface area contributed by atoms with Crippen molar-refractivity contribution < 1.29 is 21.7 Å². The van der Waals surface area contributed by atoms with E-state index in [1.165, 1.54) is 16.3 Å². The molecule has 0 amide bonds. The van der Waals surface area contributed by atoms with E-state index in [-0.39, 0.29) is 21.7 Å². The molecule has 0 aromatic heterocycles. The van der Waals surface area contributed by atoms with E-state index in [2.05, 4.69) is 69.6 Å². The predicted molar refractivity (Wildman–Crippen MR) is 92.8 cm³/mol. The molecule has 0 saturated heterocycles. The molecule has 0 saturated carbocycles. The Balaban J connectivity index is 0. The minimum atomic E-state index is 0. The SMILES string of the molecule is C=C(C)C(=C)C.C[SiH]C.Cc1cc2ccccc2[cH-]1.[Ti+3]. The molecule has 0 spiro atoms. The van der Waals surface area contributed by atoms with E-state index in [4.69, 9.17) is 0 Å². The van der Waals surface area contributed by atoms with Crippen LogP contribution in [0.15, 0.2) is 60.7 Å². The van der Waals surface area contributed by atoms with Gasteiger partial charge in [-0.1, -0.05) is 50.4 Å². The Morgan fingerprint density at radius 1 is 1.05 bits per heavy atom. The Labute approximate surface area is 142 Å². The van der Waals surface area contributed by atoms with Crippen molar-refractivity contribution in [2.24, 2.45) is 0 Å². The second-order valence-corrected chi connectivity index (χ2v) is 5.95. The van der Waals surface area contributed by atoms with Crippen LogP contribution in [0.25, 0.3) is 10.8 Å². The number of rotatable bonds is 1. The van der Waals surface area contributed by atoms with E-state index in [0.717, 1.165) is 20.7 Å². The second-order valence-electron chi connectivity index (χ2n) is 4.80. The number of benzene rings is 1. The van der Waals surface area contributed by atoms with Crippen molar-refractivity contribution in [1.29, 1.82) is 0 Å². The molecular formula is C18H26SiTi+2. The van der Waals surface area contributed by atoms with Crippen molar-refractivity contribution in [2.75, 3.05) is 0 Å². The average Bonchev–Trinajstić information content (AvgIpc) is 2.70. The van der Waals surface area contributed by atoms with Crippen LogP contribution in [0.2, 0.25) is 13.1 Å². The number of hydrogen-bond donors (Lipinski definition) is 0. The van der Waals surface area contributed by atoms with Gasteiger partial charge >= 0.3 is 21.7 Å². The average molecular weight is 318 g/mol. The van der Waals surface area contributed by atoms with Crippen LogP contribution in [0.5, 0.6) is 0 Å². The fraction of sp³-hybridized carbons (Fsp3) is 0.278.